The quantitative estimate of drug-likeness (QED) is 0.409. The molecule has 0 unspecified atom stereocenters. The topological polar surface area (TPSA) is 87.3 Å². The molecule has 0 saturated heterocycles. The van der Waals surface area contributed by atoms with Gasteiger partial charge in [0.05, 0.1) is 0 Å². The molecule has 0 spiro atoms. The highest BCUT2D eigenvalue weighted by Gasteiger charge is 2.12. The lowest BCUT2D eigenvalue weighted by atomic mass is 10.5. The molecule has 1 aromatic rings. The van der Waals surface area contributed by atoms with Gasteiger partial charge >= 0.3 is 11.8 Å². The molecule has 7 nitrogen and oxygen atoms in total. The molecule has 0 aromatic carbocycles. The number of rotatable bonds is 5. The van der Waals surface area contributed by atoms with Crippen LogP contribution < -0.4 is 0 Å². The van der Waals surface area contributed by atoms with Crippen LogP contribution in [0.25, 0.3) is 0 Å². The Morgan fingerprint density at radius 3 is 3.07 bits per heavy atom. The second-order valence-electron chi connectivity index (χ2n) is 2.78. The number of hydrogen-bond acceptors (Lipinski definition) is 5. The summed E-state index contributed by atoms with van der Waals surface area (Å²) in [4.78, 5) is 24.4. The third kappa shape index (κ3) is 3.04. The van der Waals surface area contributed by atoms with Crippen LogP contribution in [0.2, 0.25) is 0 Å². The Morgan fingerprint density at radius 2 is 2.47 bits per heavy atom. The fraction of sp³-hybridized carbons (Fsp3) is 0.500. The smallest absolute Gasteiger partial charge is 0.342 e. The van der Waals surface area contributed by atoms with E-state index in [1.54, 1.807) is 6.92 Å². The van der Waals surface area contributed by atoms with E-state index in [1.165, 1.54) is 10.9 Å². The van der Waals surface area contributed by atoms with Crippen molar-refractivity contribution in [2.45, 2.75) is 19.9 Å². The molecule has 0 aliphatic carbocycles. The Balaban J connectivity index is 2.47. The largest absolute Gasteiger partial charge is 0.461 e. The highest BCUT2D eigenvalue weighted by molar-refractivity contribution is 5.68. The van der Waals surface area contributed by atoms with Crippen molar-refractivity contribution in [3.05, 3.63) is 22.6 Å². The van der Waals surface area contributed by atoms with Gasteiger partial charge < -0.3 is 14.9 Å². The molecule has 0 aliphatic heterocycles. The molecule has 1 rings (SSSR count). The van der Waals surface area contributed by atoms with Crippen molar-refractivity contribution < 1.29 is 14.5 Å². The van der Waals surface area contributed by atoms with Gasteiger partial charge in [-0.3, -0.25) is 4.79 Å². The van der Waals surface area contributed by atoms with Crippen molar-refractivity contribution in [1.29, 1.82) is 0 Å². The molecule has 0 saturated carbocycles. The van der Waals surface area contributed by atoms with Crippen LogP contribution in [-0.2, 0) is 16.1 Å². The van der Waals surface area contributed by atoms with Gasteiger partial charge in [0.2, 0.25) is 0 Å². The molecule has 0 radical (unpaired) electrons. The summed E-state index contributed by atoms with van der Waals surface area (Å²) >= 11 is 0. The van der Waals surface area contributed by atoms with Gasteiger partial charge in [0.15, 0.2) is 6.33 Å². The van der Waals surface area contributed by atoms with Gasteiger partial charge in [0, 0.05) is 6.42 Å². The number of imidazole rings is 1. The molecule has 0 aliphatic rings. The molecule has 7 heteroatoms. The lowest BCUT2D eigenvalue weighted by Crippen LogP contribution is -2.11. The standard InChI is InChI=1S/C8H11N3O4/c1-2-8(12)15-4-3-10-6-9-5-7(10)11(13)14/h5-6H,2-4H2,1H3. The number of hydrogen-bond donors (Lipinski definition) is 0. The highest BCUT2D eigenvalue weighted by Crippen LogP contribution is 2.08. The molecule has 0 atom stereocenters. The van der Waals surface area contributed by atoms with Crippen molar-refractivity contribution in [2.24, 2.45) is 0 Å². The molecule has 0 N–H and O–H groups in total. The zero-order valence-electron chi connectivity index (χ0n) is 8.25. The van der Waals surface area contributed by atoms with E-state index in [2.05, 4.69) is 4.98 Å². The molecule has 15 heavy (non-hydrogen) atoms. The summed E-state index contributed by atoms with van der Waals surface area (Å²) in [5, 5.41) is 10.5. The number of ether oxygens (including phenoxy) is 1. The van der Waals surface area contributed by atoms with E-state index in [4.69, 9.17) is 4.74 Å². The summed E-state index contributed by atoms with van der Waals surface area (Å²) in [5.41, 5.74) is 0. The van der Waals surface area contributed by atoms with Gasteiger partial charge in [-0.1, -0.05) is 6.92 Å². The van der Waals surface area contributed by atoms with E-state index >= 15 is 0 Å². The highest BCUT2D eigenvalue weighted by atomic mass is 16.6. The Morgan fingerprint density at radius 1 is 1.73 bits per heavy atom. The summed E-state index contributed by atoms with van der Waals surface area (Å²) in [6.07, 6.45) is 2.78. The maximum absolute atomic E-state index is 10.8. The minimum Gasteiger partial charge on any atom is -0.461 e. The molecular formula is C8H11N3O4. The van der Waals surface area contributed by atoms with E-state index in [9.17, 15) is 14.9 Å². The Hall–Kier alpha value is -1.92. The minimum absolute atomic E-state index is 0.109. The fourth-order valence-corrected chi connectivity index (χ4v) is 0.998. The first-order chi connectivity index (χ1) is 7.15. The summed E-state index contributed by atoms with van der Waals surface area (Å²) in [7, 11) is 0. The first-order valence-corrected chi connectivity index (χ1v) is 4.45. The third-order valence-corrected chi connectivity index (χ3v) is 1.76. The summed E-state index contributed by atoms with van der Waals surface area (Å²) in [6, 6.07) is 0. The Labute approximate surface area is 85.8 Å². The van der Waals surface area contributed by atoms with Crippen molar-refractivity contribution in [1.82, 2.24) is 9.55 Å². The zero-order valence-corrected chi connectivity index (χ0v) is 8.25. The first kappa shape index (κ1) is 11.2. The van der Waals surface area contributed by atoms with Crippen LogP contribution in [0.4, 0.5) is 5.82 Å². The molecular weight excluding hydrogens is 202 g/mol. The van der Waals surface area contributed by atoms with Crippen LogP contribution in [0, 0.1) is 10.1 Å². The monoisotopic (exact) mass is 213 g/mol. The molecule has 82 valence electrons. The van der Waals surface area contributed by atoms with Gasteiger partial charge in [0.25, 0.3) is 0 Å². The fourth-order valence-electron chi connectivity index (χ4n) is 0.998. The van der Waals surface area contributed by atoms with Gasteiger partial charge in [-0.05, 0) is 4.92 Å². The van der Waals surface area contributed by atoms with Crippen molar-refractivity contribution in [3.63, 3.8) is 0 Å². The lowest BCUT2D eigenvalue weighted by Gasteiger charge is -2.02. The second kappa shape index (κ2) is 5.08. The Kier molecular flexibility index (Phi) is 3.78. The molecule has 0 fully saturated rings. The van der Waals surface area contributed by atoms with Crippen molar-refractivity contribution >= 4 is 11.8 Å². The van der Waals surface area contributed by atoms with Gasteiger partial charge in [0.1, 0.15) is 19.3 Å². The summed E-state index contributed by atoms with van der Waals surface area (Å²) in [6.45, 7) is 2.04. The lowest BCUT2D eigenvalue weighted by molar-refractivity contribution is -0.392. The number of nitro groups is 1. The minimum atomic E-state index is -0.533. The van der Waals surface area contributed by atoms with Gasteiger partial charge in [-0.2, -0.15) is 0 Å². The number of aromatic nitrogens is 2. The molecule has 0 bridgehead atoms. The van der Waals surface area contributed by atoms with E-state index in [-0.39, 0.29) is 24.9 Å². The van der Waals surface area contributed by atoms with Crippen molar-refractivity contribution in [2.75, 3.05) is 6.61 Å². The molecule has 1 heterocycles. The summed E-state index contributed by atoms with van der Waals surface area (Å²) < 4.78 is 6.11. The van der Waals surface area contributed by atoms with Crippen LogP contribution in [-0.4, -0.2) is 27.1 Å². The predicted octanol–water partition coefficient (Wildman–Crippen LogP) is 0.744. The zero-order chi connectivity index (χ0) is 11.3. The predicted molar refractivity (Wildman–Crippen MR) is 50.1 cm³/mol. The van der Waals surface area contributed by atoms with Crippen LogP contribution in [0.3, 0.4) is 0 Å². The maximum atomic E-state index is 10.8. The second-order valence-corrected chi connectivity index (χ2v) is 2.78. The van der Waals surface area contributed by atoms with E-state index in [0.29, 0.717) is 6.42 Å². The summed E-state index contributed by atoms with van der Waals surface area (Å²) in [5.74, 6) is -0.430. The van der Waals surface area contributed by atoms with Crippen LogP contribution in [0.5, 0.6) is 0 Å². The van der Waals surface area contributed by atoms with Gasteiger partial charge in [-0.15, -0.1) is 0 Å². The van der Waals surface area contributed by atoms with E-state index in [1.807, 2.05) is 0 Å². The Bertz CT molecular complexity index is 361. The normalized spacial score (nSPS) is 9.93. The average molecular weight is 213 g/mol. The maximum Gasteiger partial charge on any atom is 0.342 e. The van der Waals surface area contributed by atoms with Crippen LogP contribution >= 0.6 is 0 Å². The van der Waals surface area contributed by atoms with Gasteiger partial charge in [-0.25, -0.2) is 9.55 Å². The van der Waals surface area contributed by atoms with E-state index in [0.717, 1.165) is 6.20 Å². The SMILES string of the molecule is CCC(=O)OCCn1cncc1[N+](=O)[O-]. The van der Waals surface area contributed by atoms with Crippen LogP contribution in [0.15, 0.2) is 12.5 Å². The number of esters is 1. The van der Waals surface area contributed by atoms with Crippen LogP contribution in [0.1, 0.15) is 13.3 Å². The number of carbonyl (C=O) groups is 1. The van der Waals surface area contributed by atoms with E-state index < -0.39 is 4.92 Å². The number of nitrogens with zero attached hydrogens (tertiary/aromatic N) is 3. The number of carbonyl (C=O) groups excluding carboxylic acids is 1. The molecule has 0 amide bonds. The average Bonchev–Trinajstić information content (AvgIpc) is 2.65. The van der Waals surface area contributed by atoms with Crippen molar-refractivity contribution in [3.8, 4) is 0 Å². The molecule has 1 aromatic heterocycles. The third-order valence-electron chi connectivity index (χ3n) is 1.76. The first-order valence-electron chi connectivity index (χ1n) is 4.45.